The lowest BCUT2D eigenvalue weighted by molar-refractivity contribution is 0.469. The zero-order chi connectivity index (χ0) is 13.2. The molecule has 0 aliphatic rings. The van der Waals surface area contributed by atoms with Crippen LogP contribution >= 0.6 is 0 Å². The molecule has 0 atom stereocenters. The number of nitrogens with two attached hydrogens (primary N) is 1. The van der Waals surface area contributed by atoms with Crippen LogP contribution in [-0.2, 0) is 6.54 Å². The topological polar surface area (TPSA) is 75.6 Å². The van der Waals surface area contributed by atoms with Gasteiger partial charge in [0.05, 0.1) is 0 Å². The molecule has 1 aromatic carbocycles. The molecule has 0 saturated carbocycles. The smallest absolute Gasteiger partial charge is 0.138 e. The number of aromatic hydroxyl groups is 1. The summed E-state index contributed by atoms with van der Waals surface area (Å²) in [6, 6.07) is 10.9. The minimum atomic E-state index is 0.236. The average Bonchev–Trinajstić information content (AvgIpc) is 2.88. The highest BCUT2D eigenvalue weighted by atomic mass is 16.3. The van der Waals surface area contributed by atoms with Gasteiger partial charge in [0.25, 0.3) is 0 Å². The van der Waals surface area contributed by atoms with E-state index >= 15 is 0 Å². The van der Waals surface area contributed by atoms with Gasteiger partial charge in [-0.05, 0) is 30.3 Å². The Hall–Kier alpha value is -2.69. The summed E-state index contributed by atoms with van der Waals surface area (Å²) in [5.41, 5.74) is 7.99. The van der Waals surface area contributed by atoms with Gasteiger partial charge in [-0.25, -0.2) is 4.98 Å². The van der Waals surface area contributed by atoms with Crippen LogP contribution in [0.25, 0.3) is 5.65 Å². The number of rotatable bonds is 3. The maximum atomic E-state index is 9.77. The van der Waals surface area contributed by atoms with Crippen molar-refractivity contribution in [1.29, 1.82) is 0 Å². The molecule has 0 bridgehead atoms. The van der Waals surface area contributed by atoms with Crippen molar-refractivity contribution in [1.82, 2.24) is 9.38 Å². The lowest BCUT2D eigenvalue weighted by atomic mass is 10.2. The predicted octanol–water partition coefficient (Wildman–Crippen LogP) is 2.23. The molecule has 0 unspecified atom stereocenters. The Balaban J connectivity index is 1.86. The number of pyridine rings is 1. The molecule has 0 aliphatic heterocycles. The van der Waals surface area contributed by atoms with Crippen LogP contribution < -0.4 is 11.1 Å². The lowest BCUT2D eigenvalue weighted by Gasteiger charge is -2.10. The summed E-state index contributed by atoms with van der Waals surface area (Å²) < 4.78 is 1.95. The van der Waals surface area contributed by atoms with Crippen molar-refractivity contribution in [2.75, 3.05) is 11.1 Å². The van der Waals surface area contributed by atoms with Crippen LogP contribution in [0.2, 0.25) is 0 Å². The van der Waals surface area contributed by atoms with Crippen LogP contribution in [0.3, 0.4) is 0 Å². The van der Waals surface area contributed by atoms with Crippen LogP contribution in [0, 0.1) is 0 Å². The number of nitrogens with zero attached hydrogens (tertiary/aromatic N) is 2. The van der Waals surface area contributed by atoms with Gasteiger partial charge in [0, 0.05) is 30.2 Å². The standard InChI is InChI=1S/C14H14N4O/c15-11-4-5-12(19)10(8-11)9-17-14-3-1-2-13-16-6-7-18(13)14/h1-8,17,19H,9,15H2. The fourth-order valence-electron chi connectivity index (χ4n) is 2.02. The van der Waals surface area contributed by atoms with E-state index in [4.69, 9.17) is 5.73 Å². The molecule has 0 fully saturated rings. The summed E-state index contributed by atoms with van der Waals surface area (Å²) in [6.07, 6.45) is 3.63. The fourth-order valence-corrected chi connectivity index (χ4v) is 2.02. The molecule has 2 heterocycles. The molecule has 5 heteroatoms. The van der Waals surface area contributed by atoms with E-state index in [9.17, 15) is 5.11 Å². The maximum absolute atomic E-state index is 9.77. The number of aromatic nitrogens is 2. The Kier molecular flexibility index (Phi) is 2.72. The number of hydrogen-bond acceptors (Lipinski definition) is 4. The normalized spacial score (nSPS) is 10.7. The second kappa shape index (κ2) is 4.53. The first-order valence-corrected chi connectivity index (χ1v) is 5.97. The molecule has 4 N–H and O–H groups in total. The molecule has 3 aromatic rings. The molecule has 96 valence electrons. The highest BCUT2D eigenvalue weighted by Gasteiger charge is 2.04. The number of phenols is 1. The summed E-state index contributed by atoms with van der Waals surface area (Å²) in [4.78, 5) is 4.22. The van der Waals surface area contributed by atoms with E-state index in [1.807, 2.05) is 28.8 Å². The quantitative estimate of drug-likeness (QED) is 0.495. The van der Waals surface area contributed by atoms with Crippen LogP contribution in [0.4, 0.5) is 11.5 Å². The third kappa shape index (κ3) is 2.18. The number of hydrogen-bond donors (Lipinski definition) is 3. The molecular weight excluding hydrogens is 240 g/mol. The number of fused-ring (bicyclic) bond motifs is 1. The van der Waals surface area contributed by atoms with Gasteiger partial charge < -0.3 is 16.2 Å². The summed E-state index contributed by atoms with van der Waals surface area (Å²) in [6.45, 7) is 0.494. The van der Waals surface area contributed by atoms with Gasteiger partial charge in [-0.15, -0.1) is 0 Å². The van der Waals surface area contributed by atoms with Crippen LogP contribution in [0.5, 0.6) is 5.75 Å². The second-order valence-corrected chi connectivity index (χ2v) is 4.31. The van der Waals surface area contributed by atoms with Crippen molar-refractivity contribution in [3.8, 4) is 5.75 Å². The van der Waals surface area contributed by atoms with Gasteiger partial charge in [-0.2, -0.15) is 0 Å². The third-order valence-corrected chi connectivity index (χ3v) is 2.99. The van der Waals surface area contributed by atoms with Crippen molar-refractivity contribution >= 4 is 17.2 Å². The number of benzene rings is 1. The number of imidazole rings is 1. The van der Waals surface area contributed by atoms with Crippen LogP contribution in [0.1, 0.15) is 5.56 Å². The molecule has 5 nitrogen and oxygen atoms in total. The average molecular weight is 254 g/mol. The lowest BCUT2D eigenvalue weighted by Crippen LogP contribution is -2.04. The van der Waals surface area contributed by atoms with E-state index < -0.39 is 0 Å². The van der Waals surface area contributed by atoms with Gasteiger partial charge in [0.2, 0.25) is 0 Å². The van der Waals surface area contributed by atoms with Gasteiger partial charge in [0.1, 0.15) is 17.2 Å². The molecule has 0 amide bonds. The van der Waals surface area contributed by atoms with E-state index in [0.29, 0.717) is 12.2 Å². The minimum absolute atomic E-state index is 0.236. The molecule has 0 spiro atoms. The number of phenolic OH excluding ortho intramolecular Hbond substituents is 1. The first kappa shape index (κ1) is 11.4. The van der Waals surface area contributed by atoms with E-state index in [-0.39, 0.29) is 5.75 Å². The van der Waals surface area contributed by atoms with Gasteiger partial charge in [0.15, 0.2) is 0 Å². The fraction of sp³-hybridized carbons (Fsp3) is 0.0714. The zero-order valence-electron chi connectivity index (χ0n) is 10.2. The SMILES string of the molecule is Nc1ccc(O)c(CNc2cccc3nccn23)c1. The molecule has 0 saturated heterocycles. The van der Waals surface area contributed by atoms with Gasteiger partial charge in [-0.1, -0.05) is 6.07 Å². The number of nitrogen functional groups attached to an aromatic ring is 1. The Morgan fingerprint density at radius 2 is 2.16 bits per heavy atom. The number of nitrogens with one attached hydrogen (secondary N) is 1. The largest absolute Gasteiger partial charge is 0.508 e. The monoisotopic (exact) mass is 254 g/mol. The maximum Gasteiger partial charge on any atom is 0.138 e. The molecule has 3 rings (SSSR count). The van der Waals surface area contributed by atoms with Gasteiger partial charge >= 0.3 is 0 Å². The van der Waals surface area contributed by atoms with Crippen molar-refractivity contribution in [3.05, 3.63) is 54.4 Å². The van der Waals surface area contributed by atoms with E-state index in [0.717, 1.165) is 17.0 Å². The molecule has 19 heavy (non-hydrogen) atoms. The molecular formula is C14H14N4O. The van der Waals surface area contributed by atoms with E-state index in [1.54, 1.807) is 24.4 Å². The molecule has 0 radical (unpaired) electrons. The van der Waals surface area contributed by atoms with E-state index in [1.165, 1.54) is 0 Å². The second-order valence-electron chi connectivity index (χ2n) is 4.31. The Morgan fingerprint density at radius 1 is 1.26 bits per heavy atom. The van der Waals surface area contributed by atoms with Crippen molar-refractivity contribution < 1.29 is 5.11 Å². The van der Waals surface area contributed by atoms with E-state index in [2.05, 4.69) is 10.3 Å². The Labute approximate surface area is 110 Å². The first-order valence-electron chi connectivity index (χ1n) is 5.97. The Bertz CT molecular complexity index is 720. The summed E-state index contributed by atoms with van der Waals surface area (Å²) in [7, 11) is 0. The van der Waals surface area contributed by atoms with Crippen LogP contribution in [-0.4, -0.2) is 14.5 Å². The number of anilines is 2. The highest BCUT2D eigenvalue weighted by molar-refractivity contribution is 5.52. The first-order chi connectivity index (χ1) is 9.24. The summed E-state index contributed by atoms with van der Waals surface area (Å²) in [5, 5.41) is 13.0. The van der Waals surface area contributed by atoms with Crippen molar-refractivity contribution in [2.45, 2.75) is 6.54 Å². The third-order valence-electron chi connectivity index (χ3n) is 2.99. The van der Waals surface area contributed by atoms with Crippen molar-refractivity contribution in [2.24, 2.45) is 0 Å². The molecule has 0 aliphatic carbocycles. The zero-order valence-corrected chi connectivity index (χ0v) is 10.2. The van der Waals surface area contributed by atoms with Gasteiger partial charge in [-0.3, -0.25) is 4.40 Å². The highest BCUT2D eigenvalue weighted by Crippen LogP contribution is 2.21. The summed E-state index contributed by atoms with van der Waals surface area (Å²) in [5.74, 6) is 1.15. The Morgan fingerprint density at radius 3 is 3.05 bits per heavy atom. The predicted molar refractivity (Wildman–Crippen MR) is 75.0 cm³/mol. The molecule has 2 aromatic heterocycles. The summed E-state index contributed by atoms with van der Waals surface area (Å²) >= 11 is 0. The van der Waals surface area contributed by atoms with Crippen LogP contribution in [0.15, 0.2) is 48.8 Å². The van der Waals surface area contributed by atoms with Crippen molar-refractivity contribution in [3.63, 3.8) is 0 Å². The minimum Gasteiger partial charge on any atom is -0.508 e.